The molecule has 0 saturated carbocycles. The molecule has 0 N–H and O–H groups in total. The molecule has 1 rings (SSSR count). The second-order valence-corrected chi connectivity index (χ2v) is 7.55. The van der Waals surface area contributed by atoms with E-state index >= 15 is 0 Å². The SMILES string of the molecule is CCCCCCc1ccccc1CCOC(=O)CCCCCCCBr. The smallest absolute Gasteiger partial charge is 0.305 e. The molecule has 0 aliphatic rings. The first kappa shape index (κ1) is 22.2. The third-order valence-corrected chi connectivity index (χ3v) is 5.13. The number of alkyl halides is 1. The lowest BCUT2D eigenvalue weighted by molar-refractivity contribution is -0.143. The molecule has 0 heterocycles. The van der Waals surface area contributed by atoms with Crippen molar-refractivity contribution in [2.75, 3.05) is 11.9 Å². The Morgan fingerprint density at radius 1 is 0.880 bits per heavy atom. The minimum atomic E-state index is -0.0408. The Kier molecular flexibility index (Phi) is 13.7. The normalized spacial score (nSPS) is 10.8. The van der Waals surface area contributed by atoms with Crippen molar-refractivity contribution in [3.63, 3.8) is 0 Å². The number of carbonyl (C=O) groups is 1. The Hall–Kier alpha value is -0.830. The van der Waals surface area contributed by atoms with Gasteiger partial charge in [-0.2, -0.15) is 0 Å². The molecule has 0 radical (unpaired) electrons. The molecule has 0 saturated heterocycles. The molecule has 0 aromatic heterocycles. The summed E-state index contributed by atoms with van der Waals surface area (Å²) in [6.07, 6.45) is 13.4. The van der Waals surface area contributed by atoms with Gasteiger partial charge >= 0.3 is 5.97 Å². The van der Waals surface area contributed by atoms with E-state index in [1.807, 2.05) is 0 Å². The molecule has 0 unspecified atom stereocenters. The zero-order chi connectivity index (χ0) is 18.2. The molecule has 2 nitrogen and oxygen atoms in total. The van der Waals surface area contributed by atoms with E-state index in [9.17, 15) is 4.79 Å². The third kappa shape index (κ3) is 11.4. The van der Waals surface area contributed by atoms with E-state index in [2.05, 4.69) is 47.1 Å². The number of hydrogen-bond donors (Lipinski definition) is 0. The van der Waals surface area contributed by atoms with E-state index < -0.39 is 0 Å². The van der Waals surface area contributed by atoms with Crippen molar-refractivity contribution in [1.29, 1.82) is 0 Å². The van der Waals surface area contributed by atoms with Crippen LogP contribution in [0, 0.1) is 0 Å². The maximum atomic E-state index is 11.8. The van der Waals surface area contributed by atoms with E-state index in [0.29, 0.717) is 13.0 Å². The summed E-state index contributed by atoms with van der Waals surface area (Å²) in [4.78, 5) is 11.8. The van der Waals surface area contributed by atoms with Gasteiger partial charge in [-0.05, 0) is 36.8 Å². The maximum Gasteiger partial charge on any atom is 0.305 e. The molecule has 3 heteroatoms. The molecule has 1 aromatic carbocycles. The van der Waals surface area contributed by atoms with E-state index in [-0.39, 0.29) is 5.97 Å². The number of unbranched alkanes of at least 4 members (excludes halogenated alkanes) is 7. The largest absolute Gasteiger partial charge is 0.465 e. The topological polar surface area (TPSA) is 26.3 Å². The highest BCUT2D eigenvalue weighted by Gasteiger charge is 2.05. The van der Waals surface area contributed by atoms with Crippen LogP contribution >= 0.6 is 15.9 Å². The van der Waals surface area contributed by atoms with Gasteiger partial charge in [-0.25, -0.2) is 0 Å². The van der Waals surface area contributed by atoms with Crippen LogP contribution in [-0.4, -0.2) is 17.9 Å². The number of aryl methyl sites for hydroxylation is 1. The standard InChI is InChI=1S/C22H35BrO2/c1-2-3-4-8-13-20-14-10-11-15-21(20)17-19-25-22(24)16-9-6-5-7-12-18-23/h10-11,14-15H,2-9,12-13,16-19H2,1H3. The maximum absolute atomic E-state index is 11.8. The highest BCUT2D eigenvalue weighted by Crippen LogP contribution is 2.14. The fraction of sp³-hybridized carbons (Fsp3) is 0.682. The van der Waals surface area contributed by atoms with Gasteiger partial charge in [0.2, 0.25) is 0 Å². The number of esters is 1. The molecule has 0 atom stereocenters. The number of carbonyl (C=O) groups excluding carboxylic acids is 1. The van der Waals surface area contributed by atoms with Crippen molar-refractivity contribution < 1.29 is 9.53 Å². The van der Waals surface area contributed by atoms with E-state index in [4.69, 9.17) is 4.74 Å². The zero-order valence-electron chi connectivity index (χ0n) is 15.9. The molecule has 0 aliphatic heterocycles. The second kappa shape index (κ2) is 15.4. The van der Waals surface area contributed by atoms with Crippen LogP contribution in [0.5, 0.6) is 0 Å². The van der Waals surface area contributed by atoms with Gasteiger partial charge in [-0.15, -0.1) is 0 Å². The molecule has 0 spiro atoms. The predicted molar refractivity (Wildman–Crippen MR) is 110 cm³/mol. The van der Waals surface area contributed by atoms with Crippen LogP contribution in [0.25, 0.3) is 0 Å². The van der Waals surface area contributed by atoms with Crippen LogP contribution in [-0.2, 0) is 22.4 Å². The van der Waals surface area contributed by atoms with Crippen molar-refractivity contribution in [2.24, 2.45) is 0 Å². The van der Waals surface area contributed by atoms with Gasteiger partial charge in [0, 0.05) is 18.2 Å². The van der Waals surface area contributed by atoms with Crippen LogP contribution in [0.3, 0.4) is 0 Å². The Morgan fingerprint density at radius 2 is 1.52 bits per heavy atom. The summed E-state index contributed by atoms with van der Waals surface area (Å²) in [7, 11) is 0. The van der Waals surface area contributed by atoms with Crippen molar-refractivity contribution in [2.45, 2.75) is 84.0 Å². The fourth-order valence-electron chi connectivity index (χ4n) is 3.03. The molecule has 25 heavy (non-hydrogen) atoms. The molecular formula is C22H35BrO2. The highest BCUT2D eigenvalue weighted by molar-refractivity contribution is 9.09. The number of halogens is 1. The van der Waals surface area contributed by atoms with Gasteiger partial charge in [-0.1, -0.05) is 85.6 Å². The molecule has 1 aromatic rings. The van der Waals surface area contributed by atoms with Crippen LogP contribution in [0.15, 0.2) is 24.3 Å². The summed E-state index contributed by atoms with van der Waals surface area (Å²) in [5.74, 6) is -0.0408. The van der Waals surface area contributed by atoms with Crippen molar-refractivity contribution >= 4 is 21.9 Å². The summed E-state index contributed by atoms with van der Waals surface area (Å²) in [6, 6.07) is 8.59. The first-order chi connectivity index (χ1) is 12.3. The highest BCUT2D eigenvalue weighted by atomic mass is 79.9. The Bertz CT molecular complexity index is 459. The monoisotopic (exact) mass is 410 g/mol. The Morgan fingerprint density at radius 3 is 2.24 bits per heavy atom. The molecule has 0 bridgehead atoms. The zero-order valence-corrected chi connectivity index (χ0v) is 17.5. The fourth-order valence-corrected chi connectivity index (χ4v) is 3.43. The average Bonchev–Trinajstić information content (AvgIpc) is 2.63. The predicted octanol–water partition coefficient (Wildman–Crippen LogP) is 6.63. The Balaban J connectivity index is 2.19. The van der Waals surface area contributed by atoms with Gasteiger partial charge in [0.05, 0.1) is 6.61 Å². The summed E-state index contributed by atoms with van der Waals surface area (Å²) in [5, 5.41) is 1.08. The van der Waals surface area contributed by atoms with Gasteiger partial charge in [-0.3, -0.25) is 4.79 Å². The van der Waals surface area contributed by atoms with Crippen LogP contribution in [0.2, 0.25) is 0 Å². The van der Waals surface area contributed by atoms with Crippen LogP contribution in [0.4, 0.5) is 0 Å². The second-order valence-electron chi connectivity index (χ2n) is 6.76. The van der Waals surface area contributed by atoms with E-state index in [1.54, 1.807) is 0 Å². The van der Waals surface area contributed by atoms with Gasteiger partial charge in [0.1, 0.15) is 0 Å². The van der Waals surface area contributed by atoms with Crippen LogP contribution < -0.4 is 0 Å². The molecule has 0 aliphatic carbocycles. The third-order valence-electron chi connectivity index (χ3n) is 4.57. The molecule has 0 fully saturated rings. The lowest BCUT2D eigenvalue weighted by Crippen LogP contribution is -2.08. The number of benzene rings is 1. The van der Waals surface area contributed by atoms with Gasteiger partial charge in [0.25, 0.3) is 0 Å². The molecule has 142 valence electrons. The lowest BCUT2D eigenvalue weighted by Gasteiger charge is -2.10. The van der Waals surface area contributed by atoms with Crippen LogP contribution in [0.1, 0.15) is 82.3 Å². The first-order valence-corrected chi connectivity index (χ1v) is 11.2. The van der Waals surface area contributed by atoms with Crippen molar-refractivity contribution in [1.82, 2.24) is 0 Å². The summed E-state index contributed by atoms with van der Waals surface area (Å²) < 4.78 is 5.43. The number of hydrogen-bond acceptors (Lipinski definition) is 2. The summed E-state index contributed by atoms with van der Waals surface area (Å²) in [5.41, 5.74) is 2.75. The van der Waals surface area contributed by atoms with Gasteiger partial charge in [0.15, 0.2) is 0 Å². The van der Waals surface area contributed by atoms with E-state index in [1.165, 1.54) is 56.1 Å². The number of ether oxygens (including phenoxy) is 1. The van der Waals surface area contributed by atoms with E-state index in [0.717, 1.165) is 31.0 Å². The van der Waals surface area contributed by atoms with Crippen molar-refractivity contribution in [3.05, 3.63) is 35.4 Å². The lowest BCUT2D eigenvalue weighted by atomic mass is 9.99. The number of rotatable bonds is 15. The quantitative estimate of drug-likeness (QED) is 0.184. The first-order valence-electron chi connectivity index (χ1n) is 10.1. The molecular weight excluding hydrogens is 376 g/mol. The summed E-state index contributed by atoms with van der Waals surface area (Å²) in [6.45, 7) is 2.75. The minimum absolute atomic E-state index is 0.0408. The summed E-state index contributed by atoms with van der Waals surface area (Å²) >= 11 is 3.44. The van der Waals surface area contributed by atoms with Gasteiger partial charge < -0.3 is 4.74 Å². The molecule has 0 amide bonds. The van der Waals surface area contributed by atoms with Crippen molar-refractivity contribution in [3.8, 4) is 0 Å². The Labute approximate surface area is 162 Å². The minimum Gasteiger partial charge on any atom is -0.465 e. The average molecular weight is 411 g/mol.